The molecule has 0 radical (unpaired) electrons. The maximum atomic E-state index is 12.6. The van der Waals surface area contributed by atoms with Crippen LogP contribution in [-0.2, 0) is 24.8 Å². The lowest BCUT2D eigenvalue weighted by Gasteiger charge is -2.12. The lowest BCUT2D eigenvalue weighted by molar-refractivity contribution is -0.120. The molecular formula is C24H21N3O3. The van der Waals surface area contributed by atoms with Crippen molar-refractivity contribution in [3.8, 4) is 11.5 Å². The van der Waals surface area contributed by atoms with E-state index in [4.69, 9.17) is 4.74 Å². The van der Waals surface area contributed by atoms with Crippen LogP contribution in [-0.4, -0.2) is 15.7 Å². The highest BCUT2D eigenvalue weighted by Gasteiger charge is 2.13. The normalized spacial score (nSPS) is 10.7. The first kappa shape index (κ1) is 19.4. The van der Waals surface area contributed by atoms with Gasteiger partial charge in [0, 0.05) is 24.5 Å². The van der Waals surface area contributed by atoms with Crippen molar-refractivity contribution in [2.75, 3.05) is 0 Å². The third-order valence-electron chi connectivity index (χ3n) is 4.78. The Balaban J connectivity index is 1.49. The fourth-order valence-corrected chi connectivity index (χ4v) is 3.28. The third-order valence-corrected chi connectivity index (χ3v) is 4.78. The molecule has 3 aromatic carbocycles. The zero-order valence-electron chi connectivity index (χ0n) is 16.5. The Labute approximate surface area is 173 Å². The van der Waals surface area contributed by atoms with Gasteiger partial charge in [-0.25, -0.2) is 4.68 Å². The summed E-state index contributed by atoms with van der Waals surface area (Å²) in [7, 11) is 1.59. The van der Waals surface area contributed by atoms with Gasteiger partial charge in [-0.05, 0) is 24.3 Å². The van der Waals surface area contributed by atoms with Crippen molar-refractivity contribution in [1.29, 1.82) is 0 Å². The number of carbonyl (C=O) groups excluding carboxylic acids is 1. The van der Waals surface area contributed by atoms with E-state index in [2.05, 4.69) is 10.4 Å². The van der Waals surface area contributed by atoms with Crippen molar-refractivity contribution in [2.45, 2.75) is 13.0 Å². The molecule has 0 bridgehead atoms. The van der Waals surface area contributed by atoms with Gasteiger partial charge in [-0.3, -0.25) is 9.59 Å². The number of carbonyl (C=O) groups is 1. The Morgan fingerprint density at radius 3 is 2.40 bits per heavy atom. The molecule has 150 valence electrons. The van der Waals surface area contributed by atoms with Crippen LogP contribution < -0.4 is 15.6 Å². The molecule has 0 unspecified atom stereocenters. The minimum absolute atomic E-state index is 0.0797. The molecule has 0 aliphatic carbocycles. The maximum absolute atomic E-state index is 12.6. The monoisotopic (exact) mass is 399 g/mol. The van der Waals surface area contributed by atoms with Gasteiger partial charge in [0.2, 0.25) is 5.91 Å². The first-order chi connectivity index (χ1) is 14.6. The fraction of sp³-hybridized carbons (Fsp3) is 0.125. The number of fused-ring (bicyclic) bond motifs is 1. The number of aryl methyl sites for hydroxylation is 1. The largest absolute Gasteiger partial charge is 0.457 e. The van der Waals surface area contributed by atoms with E-state index in [9.17, 15) is 9.59 Å². The summed E-state index contributed by atoms with van der Waals surface area (Å²) < 4.78 is 7.22. The summed E-state index contributed by atoms with van der Waals surface area (Å²) in [6.45, 7) is 0.325. The van der Waals surface area contributed by atoms with Gasteiger partial charge in [0.15, 0.2) is 0 Å². The van der Waals surface area contributed by atoms with Crippen LogP contribution in [0.4, 0.5) is 0 Å². The number of hydrogen-bond acceptors (Lipinski definition) is 4. The number of rotatable bonds is 6. The minimum atomic E-state index is -0.180. The standard InChI is InChI=1S/C24H21N3O3/c1-27-24(29)20-13-7-6-12-19(20)21(26-27)15-23(28)25-16-17-9-5-8-14-22(17)30-18-10-3-2-4-11-18/h2-14H,15-16H2,1H3,(H,25,28). The second-order valence-corrected chi connectivity index (χ2v) is 6.90. The van der Waals surface area contributed by atoms with Crippen molar-refractivity contribution in [2.24, 2.45) is 7.05 Å². The predicted octanol–water partition coefficient (Wildman–Crippen LogP) is 3.58. The molecule has 0 aliphatic heterocycles. The van der Waals surface area contributed by atoms with Gasteiger partial charge in [0.05, 0.1) is 17.5 Å². The molecule has 0 aliphatic rings. The Morgan fingerprint density at radius 1 is 0.933 bits per heavy atom. The zero-order valence-corrected chi connectivity index (χ0v) is 16.5. The molecular weight excluding hydrogens is 378 g/mol. The molecule has 1 aromatic heterocycles. The van der Waals surface area contributed by atoms with Crippen LogP contribution in [0.15, 0.2) is 83.7 Å². The summed E-state index contributed by atoms with van der Waals surface area (Å²) in [5, 5.41) is 8.47. The van der Waals surface area contributed by atoms with E-state index in [1.54, 1.807) is 19.2 Å². The van der Waals surface area contributed by atoms with Gasteiger partial charge in [-0.1, -0.05) is 54.6 Å². The van der Waals surface area contributed by atoms with Crippen LogP contribution in [0, 0.1) is 0 Å². The lowest BCUT2D eigenvalue weighted by atomic mass is 10.1. The van der Waals surface area contributed by atoms with Crippen LogP contribution in [0.1, 0.15) is 11.3 Å². The molecule has 0 saturated heterocycles. The minimum Gasteiger partial charge on any atom is -0.457 e. The van der Waals surface area contributed by atoms with Gasteiger partial charge < -0.3 is 10.1 Å². The number of nitrogens with one attached hydrogen (secondary N) is 1. The van der Waals surface area contributed by atoms with Gasteiger partial charge in [0.1, 0.15) is 11.5 Å². The number of ether oxygens (including phenoxy) is 1. The number of aromatic nitrogens is 2. The van der Waals surface area contributed by atoms with E-state index in [0.717, 1.165) is 11.3 Å². The van der Waals surface area contributed by atoms with Crippen LogP contribution in [0.2, 0.25) is 0 Å². The molecule has 4 rings (SSSR count). The van der Waals surface area contributed by atoms with Crippen molar-refractivity contribution in [3.63, 3.8) is 0 Å². The van der Waals surface area contributed by atoms with E-state index in [1.807, 2.05) is 66.7 Å². The first-order valence-electron chi connectivity index (χ1n) is 9.64. The summed E-state index contributed by atoms with van der Waals surface area (Å²) in [6, 6.07) is 24.3. The smallest absolute Gasteiger partial charge is 0.274 e. The highest BCUT2D eigenvalue weighted by Crippen LogP contribution is 2.25. The molecule has 6 heteroatoms. The van der Waals surface area contributed by atoms with Crippen molar-refractivity contribution in [3.05, 3.63) is 100 Å². The molecule has 6 nitrogen and oxygen atoms in total. The Kier molecular flexibility index (Phi) is 5.57. The highest BCUT2D eigenvalue weighted by molar-refractivity contribution is 5.88. The summed E-state index contributed by atoms with van der Waals surface area (Å²) in [6.07, 6.45) is 0.0797. The Morgan fingerprint density at radius 2 is 1.60 bits per heavy atom. The average Bonchev–Trinajstić information content (AvgIpc) is 2.77. The van der Waals surface area contributed by atoms with E-state index in [0.29, 0.717) is 28.8 Å². The number of para-hydroxylation sites is 2. The number of amides is 1. The summed E-state index contributed by atoms with van der Waals surface area (Å²) in [4.78, 5) is 24.9. The van der Waals surface area contributed by atoms with Crippen LogP contribution in [0.3, 0.4) is 0 Å². The quantitative estimate of drug-likeness (QED) is 0.538. The van der Waals surface area contributed by atoms with Crippen molar-refractivity contribution >= 4 is 16.7 Å². The second-order valence-electron chi connectivity index (χ2n) is 6.90. The highest BCUT2D eigenvalue weighted by atomic mass is 16.5. The van der Waals surface area contributed by atoms with Crippen LogP contribution >= 0.6 is 0 Å². The molecule has 1 N–H and O–H groups in total. The predicted molar refractivity (Wildman–Crippen MR) is 115 cm³/mol. The topological polar surface area (TPSA) is 73.2 Å². The van der Waals surface area contributed by atoms with Gasteiger partial charge in [-0.2, -0.15) is 5.10 Å². The molecule has 1 heterocycles. The molecule has 0 fully saturated rings. The second kappa shape index (κ2) is 8.61. The maximum Gasteiger partial charge on any atom is 0.274 e. The summed E-state index contributed by atoms with van der Waals surface area (Å²) in [5.74, 6) is 1.24. The van der Waals surface area contributed by atoms with Crippen LogP contribution in [0.25, 0.3) is 10.8 Å². The van der Waals surface area contributed by atoms with Crippen molar-refractivity contribution < 1.29 is 9.53 Å². The molecule has 0 saturated carbocycles. The first-order valence-corrected chi connectivity index (χ1v) is 9.64. The molecule has 1 amide bonds. The van der Waals surface area contributed by atoms with Gasteiger partial charge >= 0.3 is 0 Å². The fourth-order valence-electron chi connectivity index (χ4n) is 3.28. The van der Waals surface area contributed by atoms with Gasteiger partial charge in [0.25, 0.3) is 5.56 Å². The molecule has 30 heavy (non-hydrogen) atoms. The molecule has 0 atom stereocenters. The van der Waals surface area contributed by atoms with Gasteiger partial charge in [-0.15, -0.1) is 0 Å². The Hall–Kier alpha value is -3.93. The van der Waals surface area contributed by atoms with E-state index in [1.165, 1.54) is 4.68 Å². The summed E-state index contributed by atoms with van der Waals surface area (Å²) >= 11 is 0. The van der Waals surface area contributed by atoms with Crippen molar-refractivity contribution in [1.82, 2.24) is 15.1 Å². The average molecular weight is 399 g/mol. The van der Waals surface area contributed by atoms with Crippen LogP contribution in [0.5, 0.6) is 11.5 Å². The van der Waals surface area contributed by atoms with E-state index in [-0.39, 0.29) is 17.9 Å². The van der Waals surface area contributed by atoms with E-state index < -0.39 is 0 Å². The molecule has 0 spiro atoms. The third kappa shape index (κ3) is 4.22. The Bertz CT molecular complexity index is 1250. The lowest BCUT2D eigenvalue weighted by Crippen LogP contribution is -2.27. The molecule has 4 aromatic rings. The number of hydrogen-bond donors (Lipinski definition) is 1. The summed E-state index contributed by atoms with van der Waals surface area (Å²) in [5.41, 5.74) is 1.26. The van der Waals surface area contributed by atoms with E-state index >= 15 is 0 Å². The zero-order chi connectivity index (χ0) is 20.9. The number of benzene rings is 3. The SMILES string of the molecule is Cn1nc(CC(=O)NCc2ccccc2Oc2ccccc2)c2ccccc2c1=O. The number of nitrogens with zero attached hydrogens (tertiary/aromatic N) is 2.